The van der Waals surface area contributed by atoms with Crippen LogP contribution < -0.4 is 0 Å². The summed E-state index contributed by atoms with van der Waals surface area (Å²) in [7, 11) is 0. The first-order valence-corrected chi connectivity index (χ1v) is 7.44. The van der Waals surface area contributed by atoms with Gasteiger partial charge in [0.15, 0.2) is 0 Å². The summed E-state index contributed by atoms with van der Waals surface area (Å²) in [4.78, 5) is 11.7. The van der Waals surface area contributed by atoms with Crippen molar-refractivity contribution in [1.29, 1.82) is 0 Å². The van der Waals surface area contributed by atoms with Crippen molar-refractivity contribution in [1.82, 2.24) is 0 Å². The minimum atomic E-state index is -0.0770. The molecule has 1 aromatic rings. The van der Waals surface area contributed by atoms with Crippen molar-refractivity contribution < 1.29 is 9.53 Å². The summed E-state index contributed by atoms with van der Waals surface area (Å²) in [6, 6.07) is 10.1. The van der Waals surface area contributed by atoms with Crippen molar-refractivity contribution in [2.45, 2.75) is 58.3 Å². The second-order valence-electron chi connectivity index (χ2n) is 5.15. The first-order chi connectivity index (χ1) is 9.24. The minimum absolute atomic E-state index is 0.0770. The van der Waals surface area contributed by atoms with Crippen LogP contribution in [0.15, 0.2) is 30.3 Å². The Morgan fingerprint density at radius 2 is 1.79 bits per heavy atom. The molecule has 0 aliphatic heterocycles. The van der Waals surface area contributed by atoms with Crippen LogP contribution in [0.3, 0.4) is 0 Å². The highest BCUT2D eigenvalue weighted by Gasteiger charge is 2.11. The van der Waals surface area contributed by atoms with Gasteiger partial charge < -0.3 is 4.74 Å². The maximum Gasteiger partial charge on any atom is 0.306 e. The summed E-state index contributed by atoms with van der Waals surface area (Å²) in [5, 5.41) is 0. The van der Waals surface area contributed by atoms with Crippen LogP contribution >= 0.6 is 0 Å². The number of carbonyl (C=O) groups is 1. The maximum atomic E-state index is 11.7. The van der Waals surface area contributed by atoms with Crippen molar-refractivity contribution in [3.8, 4) is 0 Å². The summed E-state index contributed by atoms with van der Waals surface area (Å²) < 4.78 is 5.28. The Kier molecular flexibility index (Phi) is 7.95. The Labute approximate surface area is 117 Å². The molecule has 0 N–H and O–H groups in total. The molecule has 2 nitrogen and oxygen atoms in total. The molecule has 106 valence electrons. The second-order valence-corrected chi connectivity index (χ2v) is 5.15. The third kappa shape index (κ3) is 7.00. The molecule has 1 rings (SSSR count). The molecule has 0 aromatic heterocycles. The van der Waals surface area contributed by atoms with Gasteiger partial charge in [0.1, 0.15) is 0 Å². The zero-order valence-corrected chi connectivity index (χ0v) is 12.2. The summed E-state index contributed by atoms with van der Waals surface area (Å²) in [5.41, 5.74) is 1.20. The standard InChI is InChI=1S/C17H26O2/c1-3-4-5-6-10-13-19-17(18)14-15(2)16-11-8-7-9-12-16/h7-9,11-12,15H,3-6,10,13-14H2,1-2H3. The van der Waals surface area contributed by atoms with E-state index in [1.54, 1.807) is 0 Å². The van der Waals surface area contributed by atoms with E-state index in [-0.39, 0.29) is 11.9 Å². The highest BCUT2D eigenvalue weighted by molar-refractivity contribution is 5.70. The summed E-state index contributed by atoms with van der Waals surface area (Å²) in [5.74, 6) is 0.153. The van der Waals surface area contributed by atoms with E-state index < -0.39 is 0 Å². The molecule has 2 heteroatoms. The predicted molar refractivity (Wildman–Crippen MR) is 79.2 cm³/mol. The predicted octanol–water partition coefficient (Wildman–Crippen LogP) is 4.69. The molecule has 0 spiro atoms. The van der Waals surface area contributed by atoms with Crippen molar-refractivity contribution in [3.63, 3.8) is 0 Å². The van der Waals surface area contributed by atoms with Crippen molar-refractivity contribution in [2.75, 3.05) is 6.61 Å². The maximum absolute atomic E-state index is 11.7. The van der Waals surface area contributed by atoms with Gasteiger partial charge in [-0.1, -0.05) is 69.9 Å². The van der Waals surface area contributed by atoms with Crippen molar-refractivity contribution in [3.05, 3.63) is 35.9 Å². The lowest BCUT2D eigenvalue weighted by molar-refractivity contribution is -0.144. The van der Waals surface area contributed by atoms with Crippen LogP contribution in [0.5, 0.6) is 0 Å². The SMILES string of the molecule is CCCCCCCOC(=O)CC(C)c1ccccc1. The van der Waals surface area contributed by atoms with Gasteiger partial charge in [0.25, 0.3) is 0 Å². The number of rotatable bonds is 9. The third-order valence-corrected chi connectivity index (χ3v) is 3.35. The molecule has 0 saturated carbocycles. The van der Waals surface area contributed by atoms with Gasteiger partial charge in [-0.25, -0.2) is 0 Å². The van der Waals surface area contributed by atoms with Gasteiger partial charge >= 0.3 is 5.97 Å². The molecule has 0 aliphatic carbocycles. The molecule has 0 saturated heterocycles. The van der Waals surface area contributed by atoms with Crippen LogP contribution in [-0.4, -0.2) is 12.6 Å². The number of carbonyl (C=O) groups excluding carboxylic acids is 1. The Balaban J connectivity index is 2.14. The highest BCUT2D eigenvalue weighted by atomic mass is 16.5. The molecule has 0 radical (unpaired) electrons. The Morgan fingerprint density at radius 1 is 1.11 bits per heavy atom. The quantitative estimate of drug-likeness (QED) is 0.476. The smallest absolute Gasteiger partial charge is 0.306 e. The Bertz CT molecular complexity index is 346. The number of hydrogen-bond acceptors (Lipinski definition) is 2. The molecule has 0 bridgehead atoms. The molecule has 19 heavy (non-hydrogen) atoms. The van der Waals surface area contributed by atoms with Gasteiger partial charge in [-0.15, -0.1) is 0 Å². The molecule has 1 atom stereocenters. The Morgan fingerprint density at radius 3 is 2.47 bits per heavy atom. The van der Waals surface area contributed by atoms with E-state index in [2.05, 4.69) is 26.0 Å². The van der Waals surface area contributed by atoms with Crippen LogP contribution in [0.4, 0.5) is 0 Å². The van der Waals surface area contributed by atoms with E-state index in [4.69, 9.17) is 4.74 Å². The zero-order chi connectivity index (χ0) is 13.9. The molecular weight excluding hydrogens is 236 g/mol. The van der Waals surface area contributed by atoms with E-state index >= 15 is 0 Å². The van der Waals surface area contributed by atoms with Crippen LogP contribution in [0, 0.1) is 0 Å². The van der Waals surface area contributed by atoms with Crippen LogP contribution in [-0.2, 0) is 9.53 Å². The van der Waals surface area contributed by atoms with E-state index in [1.165, 1.54) is 24.8 Å². The van der Waals surface area contributed by atoms with Crippen molar-refractivity contribution in [2.24, 2.45) is 0 Å². The van der Waals surface area contributed by atoms with Crippen LogP contribution in [0.1, 0.15) is 63.9 Å². The number of benzene rings is 1. The third-order valence-electron chi connectivity index (χ3n) is 3.35. The average Bonchev–Trinajstić information content (AvgIpc) is 2.43. The largest absolute Gasteiger partial charge is 0.466 e. The fourth-order valence-corrected chi connectivity index (χ4v) is 2.10. The molecule has 0 heterocycles. The number of unbranched alkanes of at least 4 members (excludes halogenated alkanes) is 4. The lowest BCUT2D eigenvalue weighted by Crippen LogP contribution is -2.09. The first kappa shape index (κ1) is 15.7. The monoisotopic (exact) mass is 262 g/mol. The number of esters is 1. The van der Waals surface area contributed by atoms with Gasteiger partial charge in [0.2, 0.25) is 0 Å². The second kappa shape index (κ2) is 9.60. The summed E-state index contributed by atoms with van der Waals surface area (Å²) >= 11 is 0. The molecule has 1 aromatic carbocycles. The van der Waals surface area contributed by atoms with E-state index in [1.807, 2.05) is 18.2 Å². The molecular formula is C17H26O2. The number of ether oxygens (including phenoxy) is 1. The number of hydrogen-bond donors (Lipinski definition) is 0. The minimum Gasteiger partial charge on any atom is -0.466 e. The average molecular weight is 262 g/mol. The summed E-state index contributed by atoms with van der Waals surface area (Å²) in [6.07, 6.45) is 6.39. The zero-order valence-electron chi connectivity index (χ0n) is 12.2. The molecule has 1 unspecified atom stereocenters. The van der Waals surface area contributed by atoms with Gasteiger partial charge in [-0.05, 0) is 17.9 Å². The van der Waals surface area contributed by atoms with E-state index in [0.29, 0.717) is 13.0 Å². The summed E-state index contributed by atoms with van der Waals surface area (Å²) in [6.45, 7) is 4.84. The van der Waals surface area contributed by atoms with Gasteiger partial charge in [-0.3, -0.25) is 4.79 Å². The van der Waals surface area contributed by atoms with Crippen LogP contribution in [0.25, 0.3) is 0 Å². The molecule has 0 aliphatic rings. The normalized spacial score (nSPS) is 12.1. The fourth-order valence-electron chi connectivity index (χ4n) is 2.10. The fraction of sp³-hybridized carbons (Fsp3) is 0.588. The lowest BCUT2D eigenvalue weighted by Gasteiger charge is -2.11. The first-order valence-electron chi connectivity index (χ1n) is 7.44. The van der Waals surface area contributed by atoms with E-state index in [9.17, 15) is 4.79 Å². The lowest BCUT2D eigenvalue weighted by atomic mass is 9.98. The Hall–Kier alpha value is -1.31. The topological polar surface area (TPSA) is 26.3 Å². The van der Waals surface area contributed by atoms with Gasteiger partial charge in [0, 0.05) is 0 Å². The molecule has 0 fully saturated rings. The van der Waals surface area contributed by atoms with Gasteiger partial charge in [-0.2, -0.15) is 0 Å². The highest BCUT2D eigenvalue weighted by Crippen LogP contribution is 2.18. The molecule has 0 amide bonds. The van der Waals surface area contributed by atoms with Gasteiger partial charge in [0.05, 0.1) is 13.0 Å². The van der Waals surface area contributed by atoms with E-state index in [0.717, 1.165) is 12.8 Å². The van der Waals surface area contributed by atoms with Crippen molar-refractivity contribution >= 4 is 5.97 Å². The van der Waals surface area contributed by atoms with Crippen LogP contribution in [0.2, 0.25) is 0 Å².